The average molecular weight is 170 g/mol. The molecule has 0 fully saturated rings. The largest absolute Gasteiger partial charge is 0.392 e. The van der Waals surface area contributed by atoms with Gasteiger partial charge in [-0.05, 0) is 19.8 Å². The number of carbonyl (C=O) groups excluding carboxylic acids is 1. The van der Waals surface area contributed by atoms with E-state index in [1.807, 2.05) is 19.9 Å². The maximum absolute atomic E-state index is 11.3. The highest BCUT2D eigenvalue weighted by atomic mass is 16.2. The number of aliphatic hydroxyl groups is 1. The van der Waals surface area contributed by atoms with E-state index in [0.29, 0.717) is 0 Å². The SMILES string of the molecule is CCC(/C=C/CO)(CC)C(C)=O. The number of hydrogen-bond donors (Lipinski definition) is 1. The summed E-state index contributed by atoms with van der Waals surface area (Å²) in [5, 5.41) is 8.60. The molecule has 0 aliphatic heterocycles. The second-order valence-electron chi connectivity index (χ2n) is 3.00. The highest BCUT2D eigenvalue weighted by Gasteiger charge is 2.27. The normalized spacial score (nSPS) is 12.3. The van der Waals surface area contributed by atoms with Crippen molar-refractivity contribution in [2.75, 3.05) is 6.61 Å². The van der Waals surface area contributed by atoms with E-state index in [2.05, 4.69) is 0 Å². The summed E-state index contributed by atoms with van der Waals surface area (Å²) < 4.78 is 0. The van der Waals surface area contributed by atoms with Crippen molar-refractivity contribution in [3.63, 3.8) is 0 Å². The Balaban J connectivity index is 4.58. The van der Waals surface area contributed by atoms with E-state index in [9.17, 15) is 4.79 Å². The van der Waals surface area contributed by atoms with Gasteiger partial charge in [0, 0.05) is 5.41 Å². The minimum absolute atomic E-state index is 0.00896. The Bertz CT molecular complexity index is 167. The summed E-state index contributed by atoms with van der Waals surface area (Å²) in [6.07, 6.45) is 5.08. The fourth-order valence-corrected chi connectivity index (χ4v) is 1.38. The fraction of sp³-hybridized carbons (Fsp3) is 0.700. The van der Waals surface area contributed by atoms with Crippen molar-refractivity contribution in [1.82, 2.24) is 0 Å². The molecule has 0 aliphatic rings. The summed E-state index contributed by atoms with van der Waals surface area (Å²) in [5.41, 5.74) is -0.345. The highest BCUT2D eigenvalue weighted by molar-refractivity contribution is 5.84. The van der Waals surface area contributed by atoms with Crippen molar-refractivity contribution in [3.8, 4) is 0 Å². The molecule has 0 amide bonds. The van der Waals surface area contributed by atoms with Crippen LogP contribution in [0.2, 0.25) is 0 Å². The molecule has 12 heavy (non-hydrogen) atoms. The van der Waals surface area contributed by atoms with Crippen LogP contribution in [0.5, 0.6) is 0 Å². The standard InChI is InChI=1S/C10H18O2/c1-4-10(5-2,9(3)12)7-6-8-11/h6-7,11H,4-5,8H2,1-3H3/b7-6+. The molecule has 0 aromatic rings. The second-order valence-corrected chi connectivity index (χ2v) is 3.00. The smallest absolute Gasteiger partial charge is 0.139 e. The summed E-state index contributed by atoms with van der Waals surface area (Å²) in [6.45, 7) is 5.60. The van der Waals surface area contributed by atoms with Crippen molar-refractivity contribution >= 4 is 5.78 Å². The van der Waals surface area contributed by atoms with Crippen LogP contribution in [-0.2, 0) is 4.79 Å². The van der Waals surface area contributed by atoms with E-state index in [1.54, 1.807) is 13.0 Å². The van der Waals surface area contributed by atoms with Crippen LogP contribution in [0.15, 0.2) is 12.2 Å². The van der Waals surface area contributed by atoms with E-state index < -0.39 is 0 Å². The molecule has 0 spiro atoms. The summed E-state index contributed by atoms with van der Waals surface area (Å²) in [4.78, 5) is 11.3. The average Bonchev–Trinajstić information content (AvgIpc) is 2.07. The van der Waals surface area contributed by atoms with Crippen LogP contribution in [0, 0.1) is 5.41 Å². The zero-order valence-corrected chi connectivity index (χ0v) is 8.13. The first-order chi connectivity index (χ1) is 5.63. The van der Waals surface area contributed by atoms with Crippen molar-refractivity contribution in [2.24, 2.45) is 5.41 Å². The molecular formula is C10H18O2. The summed E-state index contributed by atoms with van der Waals surface area (Å²) in [6, 6.07) is 0. The Labute approximate surface area is 74.3 Å². The quantitative estimate of drug-likeness (QED) is 0.640. The van der Waals surface area contributed by atoms with Crippen LogP contribution in [0.25, 0.3) is 0 Å². The lowest BCUT2D eigenvalue weighted by Crippen LogP contribution is -2.25. The Morgan fingerprint density at radius 1 is 1.42 bits per heavy atom. The number of allylic oxidation sites excluding steroid dienone is 1. The van der Waals surface area contributed by atoms with E-state index in [1.165, 1.54) is 0 Å². The Kier molecular flexibility index (Phi) is 4.83. The van der Waals surface area contributed by atoms with Gasteiger partial charge in [-0.15, -0.1) is 0 Å². The number of hydrogen-bond acceptors (Lipinski definition) is 2. The minimum Gasteiger partial charge on any atom is -0.392 e. The zero-order valence-electron chi connectivity index (χ0n) is 8.13. The van der Waals surface area contributed by atoms with Gasteiger partial charge in [-0.3, -0.25) is 4.79 Å². The van der Waals surface area contributed by atoms with Gasteiger partial charge in [0.25, 0.3) is 0 Å². The first-order valence-corrected chi connectivity index (χ1v) is 4.42. The maximum Gasteiger partial charge on any atom is 0.139 e. The minimum atomic E-state index is -0.345. The lowest BCUT2D eigenvalue weighted by molar-refractivity contribution is -0.124. The summed E-state index contributed by atoms with van der Waals surface area (Å²) >= 11 is 0. The van der Waals surface area contributed by atoms with Crippen molar-refractivity contribution in [2.45, 2.75) is 33.6 Å². The molecule has 0 heterocycles. The van der Waals surface area contributed by atoms with Crippen molar-refractivity contribution < 1.29 is 9.90 Å². The van der Waals surface area contributed by atoms with Gasteiger partial charge in [-0.2, -0.15) is 0 Å². The van der Waals surface area contributed by atoms with Gasteiger partial charge in [0.2, 0.25) is 0 Å². The molecule has 0 aliphatic carbocycles. The first-order valence-electron chi connectivity index (χ1n) is 4.42. The molecular weight excluding hydrogens is 152 g/mol. The van der Waals surface area contributed by atoms with Gasteiger partial charge in [0.15, 0.2) is 0 Å². The monoisotopic (exact) mass is 170 g/mol. The van der Waals surface area contributed by atoms with Gasteiger partial charge in [0.05, 0.1) is 6.61 Å². The molecule has 70 valence electrons. The maximum atomic E-state index is 11.3. The van der Waals surface area contributed by atoms with Gasteiger partial charge in [-0.1, -0.05) is 26.0 Å². The predicted molar refractivity (Wildman–Crippen MR) is 49.9 cm³/mol. The van der Waals surface area contributed by atoms with Gasteiger partial charge >= 0.3 is 0 Å². The van der Waals surface area contributed by atoms with Gasteiger partial charge < -0.3 is 5.11 Å². The molecule has 0 aromatic heterocycles. The van der Waals surface area contributed by atoms with E-state index in [0.717, 1.165) is 12.8 Å². The molecule has 0 rings (SSSR count). The molecule has 0 saturated heterocycles. The predicted octanol–water partition coefficient (Wildman–Crippen LogP) is 1.93. The Morgan fingerprint density at radius 2 is 1.92 bits per heavy atom. The number of rotatable bonds is 5. The van der Waals surface area contributed by atoms with Crippen LogP contribution in [0.3, 0.4) is 0 Å². The molecule has 1 N–H and O–H groups in total. The van der Waals surface area contributed by atoms with Crippen LogP contribution < -0.4 is 0 Å². The fourth-order valence-electron chi connectivity index (χ4n) is 1.38. The Hall–Kier alpha value is -0.630. The van der Waals surface area contributed by atoms with Gasteiger partial charge in [0.1, 0.15) is 5.78 Å². The molecule has 2 nitrogen and oxygen atoms in total. The highest BCUT2D eigenvalue weighted by Crippen LogP contribution is 2.28. The molecule has 0 unspecified atom stereocenters. The van der Waals surface area contributed by atoms with Crippen molar-refractivity contribution in [1.29, 1.82) is 0 Å². The number of ketones is 1. The third kappa shape index (κ3) is 2.45. The van der Waals surface area contributed by atoms with E-state index in [-0.39, 0.29) is 17.8 Å². The summed E-state index contributed by atoms with van der Waals surface area (Å²) in [5.74, 6) is 0.178. The van der Waals surface area contributed by atoms with Crippen LogP contribution in [-0.4, -0.2) is 17.5 Å². The van der Waals surface area contributed by atoms with Crippen LogP contribution in [0.1, 0.15) is 33.6 Å². The number of aliphatic hydroxyl groups excluding tert-OH is 1. The molecule has 0 atom stereocenters. The topological polar surface area (TPSA) is 37.3 Å². The third-order valence-corrected chi connectivity index (χ3v) is 2.51. The molecule has 0 aromatic carbocycles. The van der Waals surface area contributed by atoms with Crippen LogP contribution >= 0.6 is 0 Å². The molecule has 0 bridgehead atoms. The molecule has 0 saturated carbocycles. The number of carbonyl (C=O) groups is 1. The lowest BCUT2D eigenvalue weighted by atomic mass is 9.78. The third-order valence-electron chi connectivity index (χ3n) is 2.51. The van der Waals surface area contributed by atoms with Crippen molar-refractivity contribution in [3.05, 3.63) is 12.2 Å². The van der Waals surface area contributed by atoms with Crippen LogP contribution in [0.4, 0.5) is 0 Å². The molecule has 2 heteroatoms. The van der Waals surface area contributed by atoms with Gasteiger partial charge in [-0.25, -0.2) is 0 Å². The van der Waals surface area contributed by atoms with E-state index in [4.69, 9.17) is 5.11 Å². The molecule has 0 radical (unpaired) electrons. The second kappa shape index (κ2) is 5.09. The lowest BCUT2D eigenvalue weighted by Gasteiger charge is -2.24. The Morgan fingerprint density at radius 3 is 2.17 bits per heavy atom. The first kappa shape index (κ1) is 11.4. The van der Waals surface area contributed by atoms with E-state index >= 15 is 0 Å². The number of Topliss-reactive ketones (excluding diaryl/α,β-unsaturated/α-hetero) is 1. The summed E-state index contributed by atoms with van der Waals surface area (Å²) in [7, 11) is 0. The zero-order chi connectivity index (χ0) is 9.61.